The molecule has 0 unspecified atom stereocenters. The summed E-state index contributed by atoms with van der Waals surface area (Å²) in [6, 6.07) is 8.34. The molecular weight excluding hydrogens is 212 g/mol. The standard InChI is InChI=1S/C14H20N2O/c1-2-3-4-9-14(17)15-16-10-12-7-5-6-8-13(12)11-16/h5-8H,2-4,9-11H2,1H3,(H,15,17). The first kappa shape index (κ1) is 12.1. The van der Waals surface area contributed by atoms with E-state index >= 15 is 0 Å². The average molecular weight is 232 g/mol. The average Bonchev–Trinajstić information content (AvgIpc) is 2.71. The number of benzene rings is 1. The smallest absolute Gasteiger partial charge is 0.234 e. The molecule has 0 spiro atoms. The maximum absolute atomic E-state index is 11.7. The van der Waals surface area contributed by atoms with Crippen molar-refractivity contribution in [2.75, 3.05) is 0 Å². The number of nitrogens with zero attached hydrogens (tertiary/aromatic N) is 1. The quantitative estimate of drug-likeness (QED) is 0.791. The highest BCUT2D eigenvalue weighted by molar-refractivity contribution is 5.75. The SMILES string of the molecule is CCCCCC(=O)NN1Cc2ccccc2C1. The first-order chi connectivity index (χ1) is 8.29. The van der Waals surface area contributed by atoms with Crippen molar-refractivity contribution in [3.8, 4) is 0 Å². The highest BCUT2D eigenvalue weighted by Crippen LogP contribution is 2.20. The Morgan fingerprint density at radius 3 is 2.47 bits per heavy atom. The number of carbonyl (C=O) groups is 1. The van der Waals surface area contributed by atoms with Gasteiger partial charge in [0.05, 0.1) is 0 Å². The Morgan fingerprint density at radius 1 is 1.24 bits per heavy atom. The molecule has 0 aromatic heterocycles. The first-order valence-electron chi connectivity index (χ1n) is 6.41. The van der Waals surface area contributed by atoms with Crippen molar-refractivity contribution in [3.05, 3.63) is 35.4 Å². The molecule has 1 aliphatic rings. The van der Waals surface area contributed by atoms with E-state index in [1.165, 1.54) is 11.1 Å². The summed E-state index contributed by atoms with van der Waals surface area (Å²) >= 11 is 0. The molecule has 1 aromatic rings. The Labute approximate surface area is 103 Å². The minimum Gasteiger partial charge on any atom is -0.288 e. The summed E-state index contributed by atoms with van der Waals surface area (Å²) in [4.78, 5) is 11.7. The van der Waals surface area contributed by atoms with Gasteiger partial charge in [0, 0.05) is 19.5 Å². The van der Waals surface area contributed by atoms with Crippen LogP contribution in [0.2, 0.25) is 0 Å². The molecule has 3 heteroatoms. The molecule has 0 aliphatic carbocycles. The van der Waals surface area contributed by atoms with Crippen LogP contribution in [0.4, 0.5) is 0 Å². The number of hydrogen-bond acceptors (Lipinski definition) is 2. The van der Waals surface area contributed by atoms with Crippen molar-refractivity contribution >= 4 is 5.91 Å². The zero-order valence-corrected chi connectivity index (χ0v) is 10.4. The van der Waals surface area contributed by atoms with Crippen LogP contribution in [0.15, 0.2) is 24.3 Å². The number of carbonyl (C=O) groups excluding carboxylic acids is 1. The van der Waals surface area contributed by atoms with E-state index in [4.69, 9.17) is 0 Å². The Balaban J connectivity index is 1.77. The molecule has 1 aromatic carbocycles. The third-order valence-electron chi connectivity index (χ3n) is 3.13. The van der Waals surface area contributed by atoms with Crippen molar-refractivity contribution < 1.29 is 4.79 Å². The maximum Gasteiger partial charge on any atom is 0.234 e. The monoisotopic (exact) mass is 232 g/mol. The van der Waals surface area contributed by atoms with Crippen LogP contribution in [-0.2, 0) is 17.9 Å². The van der Waals surface area contributed by atoms with Crippen LogP contribution < -0.4 is 5.43 Å². The predicted molar refractivity (Wildman–Crippen MR) is 68.0 cm³/mol. The molecule has 1 heterocycles. The van der Waals surface area contributed by atoms with E-state index in [1.54, 1.807) is 0 Å². The highest BCUT2D eigenvalue weighted by atomic mass is 16.2. The molecule has 0 saturated carbocycles. The van der Waals surface area contributed by atoms with Gasteiger partial charge in [-0.25, -0.2) is 5.01 Å². The number of unbranched alkanes of at least 4 members (excludes halogenated alkanes) is 2. The third kappa shape index (κ3) is 3.30. The van der Waals surface area contributed by atoms with Crippen LogP contribution in [0.25, 0.3) is 0 Å². The van der Waals surface area contributed by atoms with Crippen molar-refractivity contribution in [1.82, 2.24) is 10.4 Å². The van der Waals surface area contributed by atoms with E-state index in [0.29, 0.717) is 6.42 Å². The summed E-state index contributed by atoms with van der Waals surface area (Å²) in [6.07, 6.45) is 3.92. The van der Waals surface area contributed by atoms with Gasteiger partial charge < -0.3 is 0 Å². The van der Waals surface area contributed by atoms with Crippen molar-refractivity contribution in [1.29, 1.82) is 0 Å². The number of hydrazine groups is 1. The van der Waals surface area contributed by atoms with Crippen molar-refractivity contribution in [3.63, 3.8) is 0 Å². The van der Waals surface area contributed by atoms with Crippen molar-refractivity contribution in [2.45, 2.75) is 45.7 Å². The topological polar surface area (TPSA) is 32.3 Å². The molecule has 0 saturated heterocycles. The predicted octanol–water partition coefficient (Wildman–Crippen LogP) is 2.61. The highest BCUT2D eigenvalue weighted by Gasteiger charge is 2.19. The van der Waals surface area contributed by atoms with Gasteiger partial charge >= 0.3 is 0 Å². The first-order valence-corrected chi connectivity index (χ1v) is 6.41. The molecule has 92 valence electrons. The molecule has 0 bridgehead atoms. The Kier molecular flexibility index (Phi) is 4.15. The van der Waals surface area contributed by atoms with Gasteiger partial charge in [0.2, 0.25) is 5.91 Å². The lowest BCUT2D eigenvalue weighted by Gasteiger charge is -2.16. The van der Waals surface area contributed by atoms with E-state index in [2.05, 4.69) is 24.5 Å². The molecule has 0 atom stereocenters. The van der Waals surface area contributed by atoms with E-state index < -0.39 is 0 Å². The van der Waals surface area contributed by atoms with E-state index in [0.717, 1.165) is 32.4 Å². The zero-order chi connectivity index (χ0) is 12.1. The molecule has 3 nitrogen and oxygen atoms in total. The van der Waals surface area contributed by atoms with Gasteiger partial charge in [-0.1, -0.05) is 44.0 Å². The molecule has 1 amide bonds. The van der Waals surface area contributed by atoms with Gasteiger partial charge in [0.15, 0.2) is 0 Å². The molecule has 1 N–H and O–H groups in total. The minimum absolute atomic E-state index is 0.145. The van der Waals surface area contributed by atoms with Gasteiger partial charge in [-0.15, -0.1) is 0 Å². The zero-order valence-electron chi connectivity index (χ0n) is 10.4. The van der Waals surface area contributed by atoms with Gasteiger partial charge in [0.25, 0.3) is 0 Å². The Bertz CT molecular complexity index is 365. The fraction of sp³-hybridized carbons (Fsp3) is 0.500. The summed E-state index contributed by atoms with van der Waals surface area (Å²) in [7, 11) is 0. The molecule has 0 fully saturated rings. The lowest BCUT2D eigenvalue weighted by Crippen LogP contribution is -2.38. The lowest BCUT2D eigenvalue weighted by molar-refractivity contribution is -0.126. The molecule has 17 heavy (non-hydrogen) atoms. The Hall–Kier alpha value is -1.35. The number of amides is 1. The fourth-order valence-electron chi connectivity index (χ4n) is 2.18. The molecular formula is C14H20N2O. The van der Waals surface area contributed by atoms with Gasteiger partial charge in [0.1, 0.15) is 0 Å². The van der Waals surface area contributed by atoms with Crippen LogP contribution in [0.3, 0.4) is 0 Å². The van der Waals surface area contributed by atoms with Crippen LogP contribution in [-0.4, -0.2) is 10.9 Å². The van der Waals surface area contributed by atoms with E-state index in [-0.39, 0.29) is 5.91 Å². The molecule has 1 aliphatic heterocycles. The van der Waals surface area contributed by atoms with Gasteiger partial charge in [-0.3, -0.25) is 10.2 Å². The molecule has 0 radical (unpaired) electrons. The number of hydrogen-bond donors (Lipinski definition) is 1. The Morgan fingerprint density at radius 2 is 1.88 bits per heavy atom. The van der Waals surface area contributed by atoms with Crippen molar-refractivity contribution in [2.24, 2.45) is 0 Å². The van der Waals surface area contributed by atoms with Crippen LogP contribution >= 0.6 is 0 Å². The summed E-state index contributed by atoms with van der Waals surface area (Å²) in [6.45, 7) is 3.81. The third-order valence-corrected chi connectivity index (χ3v) is 3.13. The number of fused-ring (bicyclic) bond motifs is 1. The summed E-state index contributed by atoms with van der Waals surface area (Å²) in [5.41, 5.74) is 5.62. The van der Waals surface area contributed by atoms with Crippen LogP contribution in [0, 0.1) is 0 Å². The van der Waals surface area contributed by atoms with Crippen LogP contribution in [0.5, 0.6) is 0 Å². The summed E-state index contributed by atoms with van der Waals surface area (Å²) in [5, 5.41) is 2.00. The van der Waals surface area contributed by atoms with E-state index in [1.807, 2.05) is 17.1 Å². The van der Waals surface area contributed by atoms with Gasteiger partial charge in [-0.05, 0) is 17.5 Å². The summed E-state index contributed by atoms with van der Waals surface area (Å²) in [5.74, 6) is 0.145. The van der Waals surface area contributed by atoms with Crippen LogP contribution in [0.1, 0.15) is 43.7 Å². The fourth-order valence-corrected chi connectivity index (χ4v) is 2.18. The summed E-state index contributed by atoms with van der Waals surface area (Å²) < 4.78 is 0. The second kappa shape index (κ2) is 5.82. The maximum atomic E-state index is 11.7. The number of nitrogens with one attached hydrogen (secondary N) is 1. The second-order valence-corrected chi connectivity index (χ2v) is 4.62. The van der Waals surface area contributed by atoms with Gasteiger partial charge in [-0.2, -0.15) is 0 Å². The normalized spacial score (nSPS) is 14.6. The number of rotatable bonds is 5. The van der Waals surface area contributed by atoms with E-state index in [9.17, 15) is 4.79 Å². The minimum atomic E-state index is 0.145. The molecule has 2 rings (SSSR count). The second-order valence-electron chi connectivity index (χ2n) is 4.62. The largest absolute Gasteiger partial charge is 0.288 e. The lowest BCUT2D eigenvalue weighted by atomic mass is 10.1.